The Bertz CT molecular complexity index is 238. The lowest BCUT2D eigenvalue weighted by Gasteiger charge is -2.15. The molecule has 0 spiro atoms. The summed E-state index contributed by atoms with van der Waals surface area (Å²) >= 11 is 0. The summed E-state index contributed by atoms with van der Waals surface area (Å²) in [5.41, 5.74) is 0. The van der Waals surface area contributed by atoms with Crippen molar-refractivity contribution in [3.63, 3.8) is 0 Å². The van der Waals surface area contributed by atoms with E-state index in [9.17, 15) is 9.59 Å². The van der Waals surface area contributed by atoms with Gasteiger partial charge in [-0.1, -0.05) is 40.0 Å². The predicted molar refractivity (Wildman–Crippen MR) is 70.2 cm³/mol. The van der Waals surface area contributed by atoms with E-state index < -0.39 is 11.9 Å². The van der Waals surface area contributed by atoms with Crippen molar-refractivity contribution in [2.24, 2.45) is 0 Å². The fourth-order valence-corrected chi connectivity index (χ4v) is 1.50. The lowest BCUT2D eigenvalue weighted by Crippen LogP contribution is -2.21. The standard InChI is InChI=1S/C14H26O4/c1-4-7-9-12(6-3)18-14(16)11-13(15)17-10-8-5-2/h12H,4-11H2,1-3H3. The molecule has 0 aliphatic rings. The first-order valence-electron chi connectivity index (χ1n) is 6.99. The molecule has 0 bridgehead atoms. The van der Waals surface area contributed by atoms with Crippen LogP contribution >= 0.6 is 0 Å². The van der Waals surface area contributed by atoms with Gasteiger partial charge in [-0.15, -0.1) is 0 Å². The number of hydrogen-bond donors (Lipinski definition) is 0. The van der Waals surface area contributed by atoms with E-state index in [0.717, 1.165) is 38.5 Å². The minimum atomic E-state index is -0.487. The molecule has 0 amide bonds. The van der Waals surface area contributed by atoms with Crippen LogP contribution in [0.2, 0.25) is 0 Å². The van der Waals surface area contributed by atoms with Gasteiger partial charge in [0.15, 0.2) is 0 Å². The Labute approximate surface area is 110 Å². The molecule has 0 saturated carbocycles. The molecule has 1 unspecified atom stereocenters. The maximum atomic E-state index is 11.5. The molecule has 106 valence electrons. The van der Waals surface area contributed by atoms with Crippen LogP contribution in [0.4, 0.5) is 0 Å². The maximum absolute atomic E-state index is 11.5. The summed E-state index contributed by atoms with van der Waals surface area (Å²) in [6.45, 7) is 6.48. The van der Waals surface area contributed by atoms with E-state index in [2.05, 4.69) is 6.92 Å². The SMILES string of the molecule is CCCCOC(=O)CC(=O)OC(CC)CCCC. The molecule has 0 aromatic carbocycles. The highest BCUT2D eigenvalue weighted by Crippen LogP contribution is 2.09. The van der Waals surface area contributed by atoms with Gasteiger partial charge in [-0.05, 0) is 19.3 Å². The van der Waals surface area contributed by atoms with Crippen molar-refractivity contribution >= 4 is 11.9 Å². The second kappa shape index (κ2) is 11.1. The van der Waals surface area contributed by atoms with Gasteiger partial charge in [0.1, 0.15) is 12.5 Å². The van der Waals surface area contributed by atoms with Gasteiger partial charge in [-0.25, -0.2) is 0 Å². The molecule has 4 heteroatoms. The summed E-state index contributed by atoms with van der Waals surface area (Å²) < 4.78 is 10.1. The summed E-state index contributed by atoms with van der Waals surface area (Å²) in [6.07, 6.45) is 5.22. The Morgan fingerprint density at radius 1 is 1.00 bits per heavy atom. The van der Waals surface area contributed by atoms with E-state index in [0.29, 0.717) is 6.61 Å². The number of rotatable bonds is 10. The van der Waals surface area contributed by atoms with Gasteiger partial charge in [0.05, 0.1) is 6.61 Å². The van der Waals surface area contributed by atoms with Crippen LogP contribution < -0.4 is 0 Å². The quantitative estimate of drug-likeness (QED) is 0.343. The van der Waals surface area contributed by atoms with Gasteiger partial charge in [0, 0.05) is 0 Å². The molecule has 0 aliphatic heterocycles. The second-order valence-corrected chi connectivity index (χ2v) is 4.41. The fraction of sp³-hybridized carbons (Fsp3) is 0.857. The Balaban J connectivity index is 3.82. The van der Waals surface area contributed by atoms with Crippen molar-refractivity contribution in [3.05, 3.63) is 0 Å². The molecule has 0 fully saturated rings. The van der Waals surface area contributed by atoms with Crippen LogP contribution in [0.3, 0.4) is 0 Å². The Morgan fingerprint density at radius 2 is 1.67 bits per heavy atom. The second-order valence-electron chi connectivity index (χ2n) is 4.41. The summed E-state index contributed by atoms with van der Waals surface area (Å²) in [6, 6.07) is 0. The van der Waals surface area contributed by atoms with Crippen LogP contribution in [0.1, 0.15) is 65.7 Å². The zero-order valence-electron chi connectivity index (χ0n) is 11.9. The van der Waals surface area contributed by atoms with Crippen molar-refractivity contribution in [3.8, 4) is 0 Å². The third-order valence-corrected chi connectivity index (χ3v) is 2.68. The number of carbonyl (C=O) groups is 2. The molecule has 0 aromatic heterocycles. The molecular formula is C14H26O4. The lowest BCUT2D eigenvalue weighted by atomic mass is 10.1. The van der Waals surface area contributed by atoms with E-state index in [1.54, 1.807) is 0 Å². The largest absolute Gasteiger partial charge is 0.465 e. The molecular weight excluding hydrogens is 232 g/mol. The summed E-state index contributed by atoms with van der Waals surface area (Å²) in [7, 11) is 0. The molecule has 0 N–H and O–H groups in total. The van der Waals surface area contributed by atoms with Crippen LogP contribution in [0.15, 0.2) is 0 Å². The van der Waals surface area contributed by atoms with Crippen LogP contribution in [0.25, 0.3) is 0 Å². The van der Waals surface area contributed by atoms with Crippen molar-refractivity contribution in [2.45, 2.75) is 71.8 Å². The van der Waals surface area contributed by atoms with Gasteiger partial charge >= 0.3 is 11.9 Å². The van der Waals surface area contributed by atoms with Gasteiger partial charge in [-0.3, -0.25) is 9.59 Å². The molecule has 0 rings (SSSR count). The van der Waals surface area contributed by atoms with E-state index in [1.165, 1.54) is 0 Å². The zero-order chi connectivity index (χ0) is 13.8. The summed E-state index contributed by atoms with van der Waals surface area (Å²) in [4.78, 5) is 22.8. The number of esters is 2. The molecule has 0 radical (unpaired) electrons. The smallest absolute Gasteiger partial charge is 0.317 e. The lowest BCUT2D eigenvalue weighted by molar-refractivity contribution is -0.158. The first kappa shape index (κ1) is 16.9. The highest BCUT2D eigenvalue weighted by Gasteiger charge is 2.16. The first-order valence-corrected chi connectivity index (χ1v) is 6.99. The third-order valence-electron chi connectivity index (χ3n) is 2.68. The van der Waals surface area contributed by atoms with Crippen LogP contribution in [0, 0.1) is 0 Å². The first-order chi connectivity index (χ1) is 8.63. The van der Waals surface area contributed by atoms with Crippen molar-refractivity contribution in [1.29, 1.82) is 0 Å². The summed E-state index contributed by atoms with van der Waals surface area (Å²) in [5.74, 6) is -0.960. The van der Waals surface area contributed by atoms with E-state index >= 15 is 0 Å². The van der Waals surface area contributed by atoms with Gasteiger partial charge < -0.3 is 9.47 Å². The average Bonchev–Trinajstić information content (AvgIpc) is 2.34. The number of carbonyl (C=O) groups excluding carboxylic acids is 2. The van der Waals surface area contributed by atoms with Crippen LogP contribution in [-0.2, 0) is 19.1 Å². The Morgan fingerprint density at radius 3 is 2.22 bits per heavy atom. The van der Waals surface area contributed by atoms with Crippen molar-refractivity contribution in [2.75, 3.05) is 6.61 Å². The van der Waals surface area contributed by atoms with Crippen LogP contribution in [0.5, 0.6) is 0 Å². The predicted octanol–water partition coefficient (Wildman–Crippen LogP) is 3.23. The van der Waals surface area contributed by atoms with Crippen molar-refractivity contribution in [1.82, 2.24) is 0 Å². The number of unbranched alkanes of at least 4 members (excludes halogenated alkanes) is 2. The Hall–Kier alpha value is -1.06. The molecule has 18 heavy (non-hydrogen) atoms. The van der Waals surface area contributed by atoms with E-state index in [-0.39, 0.29) is 12.5 Å². The molecule has 0 heterocycles. The highest BCUT2D eigenvalue weighted by atomic mass is 16.6. The molecule has 0 aromatic rings. The van der Waals surface area contributed by atoms with Gasteiger partial charge in [0.25, 0.3) is 0 Å². The van der Waals surface area contributed by atoms with E-state index in [4.69, 9.17) is 9.47 Å². The number of hydrogen-bond acceptors (Lipinski definition) is 4. The maximum Gasteiger partial charge on any atom is 0.317 e. The van der Waals surface area contributed by atoms with Crippen LogP contribution in [-0.4, -0.2) is 24.6 Å². The van der Waals surface area contributed by atoms with Crippen molar-refractivity contribution < 1.29 is 19.1 Å². The molecule has 0 aliphatic carbocycles. The van der Waals surface area contributed by atoms with Gasteiger partial charge in [0.2, 0.25) is 0 Å². The minimum Gasteiger partial charge on any atom is -0.465 e. The van der Waals surface area contributed by atoms with E-state index in [1.807, 2.05) is 13.8 Å². The monoisotopic (exact) mass is 258 g/mol. The summed E-state index contributed by atoms with van der Waals surface area (Å²) in [5, 5.41) is 0. The average molecular weight is 258 g/mol. The number of ether oxygens (including phenoxy) is 2. The Kier molecular flexibility index (Phi) is 10.4. The minimum absolute atomic E-state index is 0.0686. The third kappa shape index (κ3) is 9.02. The molecule has 1 atom stereocenters. The topological polar surface area (TPSA) is 52.6 Å². The normalized spacial score (nSPS) is 11.9. The highest BCUT2D eigenvalue weighted by molar-refractivity contribution is 5.91. The van der Waals surface area contributed by atoms with Gasteiger partial charge in [-0.2, -0.15) is 0 Å². The zero-order valence-corrected chi connectivity index (χ0v) is 11.9. The molecule has 4 nitrogen and oxygen atoms in total. The fourth-order valence-electron chi connectivity index (χ4n) is 1.50. The molecule has 0 saturated heterocycles.